The number of carbonyl (C=O) groups excluding carboxylic acids is 1. The second-order valence-corrected chi connectivity index (χ2v) is 4.95. The topological polar surface area (TPSA) is 92.4 Å². The van der Waals surface area contributed by atoms with Crippen LogP contribution in [-0.4, -0.2) is 29.6 Å². The summed E-state index contributed by atoms with van der Waals surface area (Å²) >= 11 is 0. The Hall–Kier alpha value is -1.88. The summed E-state index contributed by atoms with van der Waals surface area (Å²) in [5, 5.41) is 11.6. The lowest BCUT2D eigenvalue weighted by atomic mass is 9.99. The maximum atomic E-state index is 11.8. The molecule has 2 unspecified atom stereocenters. The van der Waals surface area contributed by atoms with Crippen molar-refractivity contribution in [2.24, 2.45) is 11.7 Å². The molecule has 0 aromatic heterocycles. The summed E-state index contributed by atoms with van der Waals surface area (Å²) in [7, 11) is 0. The van der Waals surface area contributed by atoms with Crippen molar-refractivity contribution in [1.82, 2.24) is 5.32 Å². The molecule has 5 heteroatoms. The average molecular weight is 278 g/mol. The van der Waals surface area contributed by atoms with E-state index in [9.17, 15) is 9.59 Å². The minimum absolute atomic E-state index is 0.137. The Morgan fingerprint density at radius 2 is 1.90 bits per heavy atom. The van der Waals surface area contributed by atoms with Crippen LogP contribution in [0.5, 0.6) is 0 Å². The van der Waals surface area contributed by atoms with Gasteiger partial charge in [0, 0.05) is 6.54 Å². The predicted molar refractivity (Wildman–Crippen MR) is 77.5 cm³/mol. The Morgan fingerprint density at radius 1 is 1.30 bits per heavy atom. The van der Waals surface area contributed by atoms with E-state index in [1.807, 2.05) is 13.8 Å². The molecule has 0 radical (unpaired) electrons. The van der Waals surface area contributed by atoms with Crippen LogP contribution in [0.1, 0.15) is 36.2 Å². The molecule has 0 aliphatic rings. The Balaban J connectivity index is 2.40. The Bertz CT molecular complexity index is 457. The maximum absolute atomic E-state index is 11.8. The zero-order chi connectivity index (χ0) is 15.1. The van der Waals surface area contributed by atoms with Gasteiger partial charge in [-0.05, 0) is 30.0 Å². The lowest BCUT2D eigenvalue weighted by molar-refractivity contribution is -0.123. The molecule has 0 saturated heterocycles. The number of carbonyl (C=O) groups is 2. The van der Waals surface area contributed by atoms with Crippen LogP contribution in [0.4, 0.5) is 0 Å². The van der Waals surface area contributed by atoms with E-state index in [0.717, 1.165) is 12.0 Å². The molecule has 4 N–H and O–H groups in total. The summed E-state index contributed by atoms with van der Waals surface area (Å²) in [6.45, 7) is 4.45. The summed E-state index contributed by atoms with van der Waals surface area (Å²) in [4.78, 5) is 22.5. The first-order valence-corrected chi connectivity index (χ1v) is 6.81. The van der Waals surface area contributed by atoms with Gasteiger partial charge in [0.15, 0.2) is 0 Å². The highest BCUT2D eigenvalue weighted by Gasteiger charge is 2.18. The van der Waals surface area contributed by atoms with Crippen LogP contribution in [0.25, 0.3) is 0 Å². The number of nitrogens with one attached hydrogen (secondary N) is 1. The fraction of sp³-hybridized carbons (Fsp3) is 0.467. The van der Waals surface area contributed by atoms with E-state index in [2.05, 4.69) is 5.32 Å². The molecular formula is C15H22N2O3. The van der Waals surface area contributed by atoms with Crippen molar-refractivity contribution < 1.29 is 14.7 Å². The second-order valence-electron chi connectivity index (χ2n) is 4.95. The van der Waals surface area contributed by atoms with Gasteiger partial charge in [0.25, 0.3) is 0 Å². The highest BCUT2D eigenvalue weighted by atomic mass is 16.4. The smallest absolute Gasteiger partial charge is 0.335 e. The lowest BCUT2D eigenvalue weighted by Crippen LogP contribution is -2.45. The number of nitrogens with two attached hydrogens (primary N) is 1. The average Bonchev–Trinajstić information content (AvgIpc) is 2.45. The molecule has 2 atom stereocenters. The standard InChI is InChI=1S/C15H22N2O3/c1-3-10(2)13(16)14(18)17-9-8-11-4-6-12(7-5-11)15(19)20/h4-7,10,13H,3,8-9,16H2,1-2H3,(H,17,18)(H,19,20). The number of hydrogen-bond acceptors (Lipinski definition) is 3. The van der Waals surface area contributed by atoms with Gasteiger partial charge in [0.05, 0.1) is 11.6 Å². The van der Waals surface area contributed by atoms with Crippen LogP contribution in [0.15, 0.2) is 24.3 Å². The van der Waals surface area contributed by atoms with Crippen LogP contribution in [0, 0.1) is 5.92 Å². The van der Waals surface area contributed by atoms with E-state index in [-0.39, 0.29) is 17.4 Å². The second kappa shape index (κ2) is 7.65. The molecule has 0 aliphatic heterocycles. The molecule has 1 amide bonds. The minimum atomic E-state index is -0.940. The Labute approximate surface area is 119 Å². The summed E-state index contributed by atoms with van der Waals surface area (Å²) in [5.74, 6) is -0.921. The van der Waals surface area contributed by atoms with Crippen molar-refractivity contribution in [2.45, 2.75) is 32.7 Å². The summed E-state index contributed by atoms with van der Waals surface area (Å²) in [6, 6.07) is 6.15. The molecule has 1 aromatic carbocycles. The first kappa shape index (κ1) is 16.2. The quantitative estimate of drug-likeness (QED) is 0.703. The third-order valence-corrected chi connectivity index (χ3v) is 3.47. The highest BCUT2D eigenvalue weighted by Crippen LogP contribution is 2.06. The third-order valence-electron chi connectivity index (χ3n) is 3.47. The number of carboxylic acid groups (broad SMARTS) is 1. The van der Waals surface area contributed by atoms with Crippen molar-refractivity contribution >= 4 is 11.9 Å². The van der Waals surface area contributed by atoms with Gasteiger partial charge >= 0.3 is 5.97 Å². The van der Waals surface area contributed by atoms with Gasteiger partial charge in [-0.1, -0.05) is 32.4 Å². The van der Waals surface area contributed by atoms with Gasteiger partial charge in [-0.25, -0.2) is 4.79 Å². The number of aromatic carboxylic acids is 1. The molecule has 20 heavy (non-hydrogen) atoms. The number of amides is 1. The SMILES string of the molecule is CCC(C)C(N)C(=O)NCCc1ccc(C(=O)O)cc1. The molecule has 0 saturated carbocycles. The van der Waals surface area contributed by atoms with Gasteiger partial charge in [-0.3, -0.25) is 4.79 Å². The Morgan fingerprint density at radius 3 is 2.40 bits per heavy atom. The molecule has 5 nitrogen and oxygen atoms in total. The zero-order valence-corrected chi connectivity index (χ0v) is 11.9. The summed E-state index contributed by atoms with van der Waals surface area (Å²) in [5.41, 5.74) is 7.07. The summed E-state index contributed by atoms with van der Waals surface area (Å²) in [6.07, 6.45) is 1.52. The highest BCUT2D eigenvalue weighted by molar-refractivity contribution is 5.87. The number of carboxylic acids is 1. The summed E-state index contributed by atoms with van der Waals surface area (Å²) < 4.78 is 0. The lowest BCUT2D eigenvalue weighted by Gasteiger charge is -2.17. The van der Waals surface area contributed by atoms with E-state index < -0.39 is 12.0 Å². The van der Waals surface area contributed by atoms with E-state index in [4.69, 9.17) is 10.8 Å². The molecule has 0 spiro atoms. The predicted octanol–water partition coefficient (Wildman–Crippen LogP) is 1.42. The van der Waals surface area contributed by atoms with Crippen LogP contribution in [0.2, 0.25) is 0 Å². The van der Waals surface area contributed by atoms with Gasteiger partial charge in [0.1, 0.15) is 0 Å². The molecule has 0 fully saturated rings. The van der Waals surface area contributed by atoms with Crippen molar-refractivity contribution in [2.75, 3.05) is 6.54 Å². The van der Waals surface area contributed by atoms with Crippen molar-refractivity contribution in [3.63, 3.8) is 0 Å². The van der Waals surface area contributed by atoms with Gasteiger partial charge in [0.2, 0.25) is 5.91 Å². The van der Waals surface area contributed by atoms with E-state index in [1.54, 1.807) is 24.3 Å². The fourth-order valence-corrected chi connectivity index (χ4v) is 1.77. The van der Waals surface area contributed by atoms with Crippen molar-refractivity contribution in [3.05, 3.63) is 35.4 Å². The third kappa shape index (κ3) is 4.66. The van der Waals surface area contributed by atoms with Crippen LogP contribution in [-0.2, 0) is 11.2 Å². The Kier molecular flexibility index (Phi) is 6.18. The van der Waals surface area contributed by atoms with Crippen molar-refractivity contribution in [3.8, 4) is 0 Å². The van der Waals surface area contributed by atoms with Crippen LogP contribution < -0.4 is 11.1 Å². The molecule has 0 heterocycles. The van der Waals surface area contributed by atoms with Gasteiger partial charge in [-0.15, -0.1) is 0 Å². The van der Waals surface area contributed by atoms with E-state index >= 15 is 0 Å². The first-order chi connectivity index (χ1) is 9.45. The van der Waals surface area contributed by atoms with Crippen LogP contribution >= 0.6 is 0 Å². The fourth-order valence-electron chi connectivity index (χ4n) is 1.77. The molecule has 1 rings (SSSR count). The van der Waals surface area contributed by atoms with E-state index in [0.29, 0.717) is 13.0 Å². The molecule has 1 aromatic rings. The number of benzene rings is 1. The monoisotopic (exact) mass is 278 g/mol. The zero-order valence-electron chi connectivity index (χ0n) is 11.9. The number of rotatable bonds is 7. The number of hydrogen-bond donors (Lipinski definition) is 3. The van der Waals surface area contributed by atoms with Gasteiger partial charge in [-0.2, -0.15) is 0 Å². The first-order valence-electron chi connectivity index (χ1n) is 6.81. The molecular weight excluding hydrogens is 256 g/mol. The minimum Gasteiger partial charge on any atom is -0.478 e. The maximum Gasteiger partial charge on any atom is 0.335 e. The van der Waals surface area contributed by atoms with Crippen molar-refractivity contribution in [1.29, 1.82) is 0 Å². The van der Waals surface area contributed by atoms with Gasteiger partial charge < -0.3 is 16.2 Å². The van der Waals surface area contributed by atoms with Crippen LogP contribution in [0.3, 0.4) is 0 Å². The normalized spacial score (nSPS) is 13.6. The largest absolute Gasteiger partial charge is 0.478 e. The van der Waals surface area contributed by atoms with E-state index in [1.165, 1.54) is 0 Å². The molecule has 0 bridgehead atoms. The molecule has 110 valence electrons. The molecule has 0 aliphatic carbocycles.